The van der Waals surface area contributed by atoms with Gasteiger partial charge in [-0.1, -0.05) is 5.21 Å². The summed E-state index contributed by atoms with van der Waals surface area (Å²) in [4.78, 5) is 26.2. The first-order valence-corrected chi connectivity index (χ1v) is 5.40. The van der Waals surface area contributed by atoms with E-state index in [1.807, 2.05) is 0 Å². The van der Waals surface area contributed by atoms with Crippen molar-refractivity contribution in [2.45, 2.75) is 13.0 Å². The minimum atomic E-state index is -1.23. The van der Waals surface area contributed by atoms with E-state index in [1.165, 1.54) is 24.0 Å². The number of carbonyl (C=O) groups is 2. The quantitative estimate of drug-likeness (QED) is 0.803. The van der Waals surface area contributed by atoms with Crippen molar-refractivity contribution in [1.29, 1.82) is 0 Å². The van der Waals surface area contributed by atoms with Crippen LogP contribution < -0.4 is 5.73 Å². The maximum Gasteiger partial charge on any atom is 0.358 e. The first-order valence-electron chi connectivity index (χ1n) is 5.40. The van der Waals surface area contributed by atoms with Gasteiger partial charge in [-0.25, -0.2) is 9.48 Å². The zero-order valence-corrected chi connectivity index (χ0v) is 10.0. The number of amides is 1. The molecule has 0 spiro atoms. The van der Waals surface area contributed by atoms with Gasteiger partial charge in [-0.05, 0) is 19.1 Å². The molecule has 1 atom stereocenters. The Morgan fingerprint density at radius 2 is 2.00 bits per heavy atom. The largest absolute Gasteiger partial charge is 0.476 e. The first-order chi connectivity index (χ1) is 9.02. The minimum absolute atomic E-state index is 0.223. The fourth-order valence-corrected chi connectivity index (χ4v) is 1.61. The van der Waals surface area contributed by atoms with Crippen molar-refractivity contribution in [3.05, 3.63) is 30.2 Å². The van der Waals surface area contributed by atoms with Crippen molar-refractivity contribution in [1.82, 2.24) is 20.0 Å². The molecule has 1 unspecified atom stereocenters. The molecule has 0 bridgehead atoms. The second-order valence-electron chi connectivity index (χ2n) is 3.85. The van der Waals surface area contributed by atoms with E-state index in [0.29, 0.717) is 5.56 Å². The average Bonchev–Trinajstić information content (AvgIpc) is 2.83. The van der Waals surface area contributed by atoms with Crippen molar-refractivity contribution in [3.8, 4) is 11.3 Å². The van der Waals surface area contributed by atoms with Crippen LogP contribution in [0, 0.1) is 0 Å². The summed E-state index contributed by atoms with van der Waals surface area (Å²) in [7, 11) is 0. The highest BCUT2D eigenvalue weighted by Gasteiger charge is 2.25. The van der Waals surface area contributed by atoms with Gasteiger partial charge in [0.05, 0.1) is 0 Å². The number of carbonyl (C=O) groups excluding carboxylic acids is 1. The van der Waals surface area contributed by atoms with Gasteiger partial charge in [-0.3, -0.25) is 9.78 Å². The Labute approximate surface area is 107 Å². The molecule has 0 aliphatic rings. The van der Waals surface area contributed by atoms with Crippen molar-refractivity contribution in [2.24, 2.45) is 5.73 Å². The van der Waals surface area contributed by atoms with E-state index in [0.717, 1.165) is 0 Å². The predicted molar refractivity (Wildman–Crippen MR) is 64.1 cm³/mol. The fraction of sp³-hybridized carbons (Fsp3) is 0.182. The van der Waals surface area contributed by atoms with E-state index >= 15 is 0 Å². The topological polar surface area (TPSA) is 124 Å². The van der Waals surface area contributed by atoms with Crippen molar-refractivity contribution < 1.29 is 14.7 Å². The molecule has 8 nitrogen and oxygen atoms in total. The van der Waals surface area contributed by atoms with Crippen LogP contribution in [0.2, 0.25) is 0 Å². The molecular formula is C11H11N5O3. The van der Waals surface area contributed by atoms with Crippen LogP contribution in [0.3, 0.4) is 0 Å². The normalized spacial score (nSPS) is 12.1. The molecule has 3 N–H and O–H groups in total. The van der Waals surface area contributed by atoms with Crippen molar-refractivity contribution >= 4 is 11.9 Å². The van der Waals surface area contributed by atoms with Crippen molar-refractivity contribution in [3.63, 3.8) is 0 Å². The van der Waals surface area contributed by atoms with Crippen LogP contribution >= 0.6 is 0 Å². The van der Waals surface area contributed by atoms with Gasteiger partial charge >= 0.3 is 5.97 Å². The standard InChI is InChI=1S/C11H11N5O3/c1-6(10(12)17)16-9(7-2-4-13-5-3-7)8(11(18)19)14-15-16/h2-6H,1H3,(H2,12,17)(H,18,19). The summed E-state index contributed by atoms with van der Waals surface area (Å²) in [6, 6.07) is 2.41. The molecule has 19 heavy (non-hydrogen) atoms. The summed E-state index contributed by atoms with van der Waals surface area (Å²) in [5.74, 6) is -1.85. The number of pyridine rings is 1. The lowest BCUT2D eigenvalue weighted by atomic mass is 10.1. The van der Waals surface area contributed by atoms with Crippen LogP contribution in [0.5, 0.6) is 0 Å². The molecule has 2 aromatic heterocycles. The number of aromatic carboxylic acids is 1. The lowest BCUT2D eigenvalue weighted by Gasteiger charge is -2.11. The SMILES string of the molecule is CC(C(N)=O)n1nnc(C(=O)O)c1-c1ccncc1. The van der Waals surface area contributed by atoms with E-state index in [4.69, 9.17) is 10.8 Å². The Morgan fingerprint density at radius 3 is 2.53 bits per heavy atom. The molecule has 0 saturated carbocycles. The van der Waals surface area contributed by atoms with E-state index in [2.05, 4.69) is 15.3 Å². The number of carboxylic acid groups (broad SMARTS) is 1. The van der Waals surface area contributed by atoms with E-state index in [9.17, 15) is 9.59 Å². The van der Waals surface area contributed by atoms with Crippen molar-refractivity contribution in [2.75, 3.05) is 0 Å². The van der Waals surface area contributed by atoms with Gasteiger partial charge in [0.1, 0.15) is 11.7 Å². The molecule has 1 amide bonds. The third kappa shape index (κ3) is 2.28. The van der Waals surface area contributed by atoms with Gasteiger partial charge in [0.2, 0.25) is 5.91 Å². The first kappa shape index (κ1) is 12.7. The summed E-state index contributed by atoms with van der Waals surface area (Å²) >= 11 is 0. The Bertz CT molecular complexity index is 623. The van der Waals surface area contributed by atoms with Gasteiger partial charge in [0, 0.05) is 18.0 Å². The maximum absolute atomic E-state index is 11.2. The monoisotopic (exact) mass is 261 g/mol. The average molecular weight is 261 g/mol. The second-order valence-corrected chi connectivity index (χ2v) is 3.85. The third-order valence-corrected chi connectivity index (χ3v) is 2.63. The van der Waals surface area contributed by atoms with Gasteiger partial charge in [0.25, 0.3) is 0 Å². The number of nitrogens with two attached hydrogens (primary N) is 1. The van der Waals surface area contributed by atoms with Crippen LogP contribution in [-0.2, 0) is 4.79 Å². The third-order valence-electron chi connectivity index (χ3n) is 2.63. The number of hydrogen-bond acceptors (Lipinski definition) is 5. The summed E-state index contributed by atoms with van der Waals surface area (Å²) in [6.45, 7) is 1.52. The molecule has 2 aromatic rings. The highest BCUT2D eigenvalue weighted by molar-refractivity contribution is 5.93. The Hall–Kier alpha value is -2.77. The van der Waals surface area contributed by atoms with Crippen LogP contribution in [0.4, 0.5) is 0 Å². The number of rotatable bonds is 4. The molecule has 0 aliphatic carbocycles. The Balaban J connectivity index is 2.64. The van der Waals surface area contributed by atoms with Gasteiger partial charge in [-0.15, -0.1) is 5.10 Å². The smallest absolute Gasteiger partial charge is 0.358 e. The lowest BCUT2D eigenvalue weighted by molar-refractivity contribution is -0.120. The lowest BCUT2D eigenvalue weighted by Crippen LogP contribution is -2.25. The molecule has 0 fully saturated rings. The van der Waals surface area contributed by atoms with Crippen LogP contribution in [0.25, 0.3) is 11.3 Å². The molecule has 98 valence electrons. The van der Waals surface area contributed by atoms with Gasteiger partial charge in [-0.2, -0.15) is 0 Å². The molecule has 0 radical (unpaired) electrons. The van der Waals surface area contributed by atoms with Gasteiger partial charge in [0.15, 0.2) is 5.69 Å². The van der Waals surface area contributed by atoms with E-state index in [1.54, 1.807) is 12.1 Å². The molecule has 0 aromatic carbocycles. The minimum Gasteiger partial charge on any atom is -0.476 e. The number of primary amides is 1. The summed E-state index contributed by atoms with van der Waals surface area (Å²) in [5, 5.41) is 16.4. The number of carboxylic acids is 1. The van der Waals surface area contributed by atoms with E-state index < -0.39 is 17.9 Å². The molecule has 8 heteroatoms. The van der Waals surface area contributed by atoms with Crippen LogP contribution in [-0.4, -0.2) is 37.0 Å². The number of aromatic nitrogens is 4. The number of nitrogens with zero attached hydrogens (tertiary/aromatic N) is 4. The maximum atomic E-state index is 11.2. The second kappa shape index (κ2) is 4.84. The molecule has 0 saturated heterocycles. The predicted octanol–water partition coefficient (Wildman–Crippen LogP) is 0.0846. The Kier molecular flexibility index (Phi) is 3.23. The zero-order chi connectivity index (χ0) is 14.0. The highest BCUT2D eigenvalue weighted by Crippen LogP contribution is 2.24. The summed E-state index contributed by atoms with van der Waals surface area (Å²) < 4.78 is 1.20. The summed E-state index contributed by atoms with van der Waals surface area (Å²) in [5.41, 5.74) is 5.75. The molecule has 0 aliphatic heterocycles. The molecule has 2 rings (SSSR count). The fourth-order valence-electron chi connectivity index (χ4n) is 1.61. The van der Waals surface area contributed by atoms with E-state index in [-0.39, 0.29) is 11.4 Å². The highest BCUT2D eigenvalue weighted by atomic mass is 16.4. The molecule has 2 heterocycles. The zero-order valence-electron chi connectivity index (χ0n) is 10.0. The van der Waals surface area contributed by atoms with Gasteiger partial charge < -0.3 is 10.8 Å². The molecular weight excluding hydrogens is 250 g/mol. The van der Waals surface area contributed by atoms with Crippen LogP contribution in [0.1, 0.15) is 23.5 Å². The van der Waals surface area contributed by atoms with Crippen LogP contribution in [0.15, 0.2) is 24.5 Å². The summed E-state index contributed by atoms with van der Waals surface area (Å²) in [6.07, 6.45) is 3.01. The number of hydrogen-bond donors (Lipinski definition) is 2. The Morgan fingerprint density at radius 1 is 1.37 bits per heavy atom.